The van der Waals surface area contributed by atoms with Gasteiger partial charge in [-0.1, -0.05) is 24.3 Å². The van der Waals surface area contributed by atoms with Gasteiger partial charge in [-0.25, -0.2) is 4.98 Å². The molecule has 0 radical (unpaired) electrons. The molecule has 0 spiro atoms. The molecule has 1 aliphatic heterocycles. The zero-order valence-corrected chi connectivity index (χ0v) is 21.0. The standard InChI is InChI=1S/C26H31N5O4S/c32-24(33)14-26(12-19-4-1-2-5-20(19)13-26)25(34)27-16-23-29-22(18-36-23)21-15-28-31(17-21)7-3-6-30-8-10-35-11-9-30/h1-2,4-5,15,17-18H,3,6-14,16H2,(H,27,34)(H,32,33). The Balaban J connectivity index is 1.16. The van der Waals surface area contributed by atoms with Crippen LogP contribution in [-0.2, 0) is 40.3 Å². The zero-order valence-electron chi connectivity index (χ0n) is 20.2. The van der Waals surface area contributed by atoms with Crippen molar-refractivity contribution in [3.8, 4) is 11.3 Å². The van der Waals surface area contributed by atoms with Gasteiger partial charge in [0, 0.05) is 43.3 Å². The Kier molecular flexibility index (Phi) is 7.45. The number of ether oxygens (including phenoxy) is 1. The molecule has 5 rings (SSSR count). The van der Waals surface area contributed by atoms with E-state index in [0.717, 1.165) is 73.2 Å². The lowest BCUT2D eigenvalue weighted by Gasteiger charge is -2.26. The molecular formula is C26H31N5O4S. The highest BCUT2D eigenvalue weighted by Crippen LogP contribution is 2.40. The molecule has 0 atom stereocenters. The summed E-state index contributed by atoms with van der Waals surface area (Å²) in [7, 11) is 0. The molecule has 1 saturated heterocycles. The molecule has 0 bridgehead atoms. The van der Waals surface area contributed by atoms with E-state index in [0.29, 0.717) is 12.8 Å². The van der Waals surface area contributed by atoms with Crippen LogP contribution in [0.15, 0.2) is 42.0 Å². The number of hydrogen-bond donors (Lipinski definition) is 2. The third-order valence-corrected chi connectivity index (χ3v) is 7.84. The number of benzene rings is 1. The number of morpholine rings is 1. The number of carbonyl (C=O) groups is 2. The molecule has 1 amide bonds. The fraction of sp³-hybridized carbons (Fsp3) is 0.462. The Morgan fingerprint density at radius 2 is 1.89 bits per heavy atom. The van der Waals surface area contributed by atoms with E-state index in [1.165, 1.54) is 11.3 Å². The number of aryl methyl sites for hydroxylation is 1. The van der Waals surface area contributed by atoms with E-state index in [1.54, 1.807) is 0 Å². The third kappa shape index (κ3) is 5.66. The first kappa shape index (κ1) is 24.6. The highest BCUT2D eigenvalue weighted by Gasteiger charge is 2.45. The second-order valence-electron chi connectivity index (χ2n) is 9.58. The second kappa shape index (κ2) is 10.9. The monoisotopic (exact) mass is 509 g/mol. The first-order valence-corrected chi connectivity index (χ1v) is 13.2. The molecule has 2 N–H and O–H groups in total. The van der Waals surface area contributed by atoms with Gasteiger partial charge in [0.05, 0.1) is 43.5 Å². The molecule has 0 unspecified atom stereocenters. The second-order valence-corrected chi connectivity index (χ2v) is 10.5. The van der Waals surface area contributed by atoms with Crippen LogP contribution in [0, 0.1) is 5.41 Å². The predicted octanol–water partition coefficient (Wildman–Crippen LogP) is 2.61. The maximum Gasteiger partial charge on any atom is 0.304 e. The van der Waals surface area contributed by atoms with Crippen molar-refractivity contribution in [3.05, 3.63) is 58.2 Å². The van der Waals surface area contributed by atoms with Crippen molar-refractivity contribution in [1.29, 1.82) is 0 Å². The van der Waals surface area contributed by atoms with Crippen LogP contribution in [0.4, 0.5) is 0 Å². The van der Waals surface area contributed by atoms with Crippen molar-refractivity contribution in [2.45, 2.75) is 38.8 Å². The molecule has 2 aromatic heterocycles. The van der Waals surface area contributed by atoms with Gasteiger partial charge in [0.2, 0.25) is 5.91 Å². The van der Waals surface area contributed by atoms with E-state index in [4.69, 9.17) is 4.74 Å². The highest BCUT2D eigenvalue weighted by molar-refractivity contribution is 7.09. The summed E-state index contributed by atoms with van der Waals surface area (Å²) < 4.78 is 7.34. The molecule has 1 fully saturated rings. The van der Waals surface area contributed by atoms with Crippen LogP contribution in [0.2, 0.25) is 0 Å². The summed E-state index contributed by atoms with van der Waals surface area (Å²) in [4.78, 5) is 31.9. The SMILES string of the molecule is O=C(O)CC1(C(=O)NCc2nc(-c3cnn(CCCN4CCOCC4)c3)cs2)Cc2ccccc2C1. The fourth-order valence-corrected chi connectivity index (χ4v) is 5.86. The van der Waals surface area contributed by atoms with Gasteiger partial charge in [0.15, 0.2) is 0 Å². The van der Waals surface area contributed by atoms with Gasteiger partial charge in [0.1, 0.15) is 5.01 Å². The Hall–Kier alpha value is -3.08. The summed E-state index contributed by atoms with van der Waals surface area (Å²) in [5.74, 6) is -1.19. The van der Waals surface area contributed by atoms with E-state index in [2.05, 4.69) is 20.3 Å². The molecule has 1 aromatic carbocycles. The van der Waals surface area contributed by atoms with Gasteiger partial charge in [-0.05, 0) is 30.4 Å². The predicted molar refractivity (Wildman–Crippen MR) is 136 cm³/mol. The molecule has 3 heterocycles. The molecular weight excluding hydrogens is 478 g/mol. The zero-order chi connectivity index (χ0) is 25.0. The van der Waals surface area contributed by atoms with Crippen LogP contribution in [0.3, 0.4) is 0 Å². The maximum absolute atomic E-state index is 13.2. The summed E-state index contributed by atoms with van der Waals surface area (Å²) in [5, 5.41) is 19.7. The Morgan fingerprint density at radius 3 is 2.61 bits per heavy atom. The number of nitrogens with one attached hydrogen (secondary N) is 1. The average molecular weight is 510 g/mol. The Morgan fingerprint density at radius 1 is 1.14 bits per heavy atom. The molecule has 1 aliphatic carbocycles. The lowest BCUT2D eigenvalue weighted by atomic mass is 9.80. The van der Waals surface area contributed by atoms with Crippen molar-refractivity contribution < 1.29 is 19.4 Å². The largest absolute Gasteiger partial charge is 0.481 e. The Bertz CT molecular complexity index is 1190. The van der Waals surface area contributed by atoms with E-state index >= 15 is 0 Å². The average Bonchev–Trinajstić information content (AvgIpc) is 3.61. The van der Waals surface area contributed by atoms with Gasteiger partial charge >= 0.3 is 5.97 Å². The minimum absolute atomic E-state index is 0.193. The van der Waals surface area contributed by atoms with Crippen LogP contribution < -0.4 is 5.32 Å². The van der Waals surface area contributed by atoms with Gasteiger partial charge < -0.3 is 15.2 Å². The minimum Gasteiger partial charge on any atom is -0.481 e. The van der Waals surface area contributed by atoms with E-state index in [1.807, 2.05) is 46.7 Å². The minimum atomic E-state index is -0.962. The lowest BCUT2D eigenvalue weighted by Crippen LogP contribution is -2.43. The number of thiazole rings is 1. The summed E-state index contributed by atoms with van der Waals surface area (Å²) in [6, 6.07) is 7.80. The van der Waals surface area contributed by atoms with Crippen molar-refractivity contribution >= 4 is 23.2 Å². The first-order chi connectivity index (χ1) is 17.5. The van der Waals surface area contributed by atoms with Gasteiger partial charge in [-0.2, -0.15) is 5.10 Å². The van der Waals surface area contributed by atoms with Gasteiger partial charge in [-0.3, -0.25) is 19.2 Å². The number of aliphatic carboxylic acids is 1. The number of amides is 1. The quantitative estimate of drug-likeness (QED) is 0.432. The summed E-state index contributed by atoms with van der Waals surface area (Å²) in [5.41, 5.74) is 2.92. The Labute approximate surface area is 214 Å². The molecule has 0 saturated carbocycles. The van der Waals surface area contributed by atoms with E-state index in [-0.39, 0.29) is 18.9 Å². The first-order valence-electron chi connectivity index (χ1n) is 12.3. The van der Waals surface area contributed by atoms with Crippen LogP contribution in [0.5, 0.6) is 0 Å². The van der Waals surface area contributed by atoms with E-state index < -0.39 is 11.4 Å². The van der Waals surface area contributed by atoms with Crippen molar-refractivity contribution in [2.75, 3.05) is 32.8 Å². The lowest BCUT2D eigenvalue weighted by molar-refractivity contribution is -0.145. The van der Waals surface area contributed by atoms with Crippen LogP contribution >= 0.6 is 11.3 Å². The number of nitrogens with zero attached hydrogens (tertiary/aromatic N) is 4. The topological polar surface area (TPSA) is 110 Å². The van der Waals surface area contributed by atoms with Gasteiger partial charge in [-0.15, -0.1) is 11.3 Å². The van der Waals surface area contributed by atoms with Crippen molar-refractivity contribution in [1.82, 2.24) is 25.0 Å². The molecule has 3 aromatic rings. The van der Waals surface area contributed by atoms with Crippen molar-refractivity contribution in [3.63, 3.8) is 0 Å². The maximum atomic E-state index is 13.2. The van der Waals surface area contributed by atoms with Crippen LogP contribution in [0.25, 0.3) is 11.3 Å². The van der Waals surface area contributed by atoms with E-state index in [9.17, 15) is 14.7 Å². The van der Waals surface area contributed by atoms with Gasteiger partial charge in [0.25, 0.3) is 0 Å². The normalized spacial score (nSPS) is 17.1. The summed E-state index contributed by atoms with van der Waals surface area (Å²) in [6.07, 6.45) is 5.54. The number of carboxylic acid groups (broad SMARTS) is 1. The van der Waals surface area contributed by atoms with Crippen molar-refractivity contribution in [2.24, 2.45) is 5.41 Å². The number of carbonyl (C=O) groups excluding carboxylic acids is 1. The molecule has 2 aliphatic rings. The molecule has 36 heavy (non-hydrogen) atoms. The molecule has 9 nitrogen and oxygen atoms in total. The number of fused-ring (bicyclic) bond motifs is 1. The highest BCUT2D eigenvalue weighted by atomic mass is 32.1. The fourth-order valence-electron chi connectivity index (χ4n) is 5.12. The van der Waals surface area contributed by atoms with Crippen LogP contribution in [0.1, 0.15) is 29.0 Å². The summed E-state index contributed by atoms with van der Waals surface area (Å²) in [6.45, 7) is 5.76. The summed E-state index contributed by atoms with van der Waals surface area (Å²) >= 11 is 1.48. The number of rotatable bonds is 10. The number of aromatic nitrogens is 3. The molecule has 190 valence electrons. The smallest absolute Gasteiger partial charge is 0.304 e. The molecule has 10 heteroatoms. The third-order valence-electron chi connectivity index (χ3n) is 6.99. The number of hydrogen-bond acceptors (Lipinski definition) is 7. The van der Waals surface area contributed by atoms with Crippen LogP contribution in [-0.4, -0.2) is 69.5 Å². The number of carboxylic acids is 1.